The number of rotatable bonds is 8. The van der Waals surface area contributed by atoms with E-state index in [1.54, 1.807) is 19.9 Å². The van der Waals surface area contributed by atoms with Crippen LogP contribution in [0.3, 0.4) is 0 Å². The zero-order valence-electron chi connectivity index (χ0n) is 19.6. The fraction of sp³-hybridized carbons (Fsp3) is 0.259. The predicted octanol–water partition coefficient (Wildman–Crippen LogP) is 4.63. The summed E-state index contributed by atoms with van der Waals surface area (Å²) < 4.78 is 5.53. The van der Waals surface area contributed by atoms with Crippen molar-refractivity contribution in [3.63, 3.8) is 0 Å². The number of hydrogen-bond donors (Lipinski definition) is 2. The summed E-state index contributed by atoms with van der Waals surface area (Å²) in [6, 6.07) is 19.3. The van der Waals surface area contributed by atoms with Crippen molar-refractivity contribution >= 4 is 23.7 Å². The molecule has 2 N–H and O–H groups in total. The summed E-state index contributed by atoms with van der Waals surface area (Å²) >= 11 is 0. The first-order valence-electron chi connectivity index (χ1n) is 11.5. The smallest absolute Gasteiger partial charge is 0.411 e. The highest BCUT2D eigenvalue weighted by Crippen LogP contribution is 2.44. The first-order valence-corrected chi connectivity index (χ1v) is 11.5. The average molecular weight is 474 g/mol. The maximum absolute atomic E-state index is 12.7. The van der Waals surface area contributed by atoms with Crippen molar-refractivity contribution in [2.75, 3.05) is 25.0 Å². The van der Waals surface area contributed by atoms with E-state index in [0.29, 0.717) is 12.2 Å². The summed E-state index contributed by atoms with van der Waals surface area (Å²) in [5.41, 5.74) is 5.12. The number of aromatic nitrogens is 1. The molecule has 1 heterocycles. The van der Waals surface area contributed by atoms with Gasteiger partial charge in [0.15, 0.2) is 0 Å². The van der Waals surface area contributed by atoms with E-state index in [1.807, 2.05) is 24.3 Å². The van der Waals surface area contributed by atoms with Crippen molar-refractivity contribution in [1.29, 1.82) is 0 Å². The average Bonchev–Trinajstić information content (AvgIpc) is 3.19. The van der Waals surface area contributed by atoms with E-state index in [2.05, 4.69) is 34.6 Å². The minimum atomic E-state index is -0.966. The van der Waals surface area contributed by atoms with Crippen molar-refractivity contribution in [3.8, 4) is 11.1 Å². The second-order valence-corrected chi connectivity index (χ2v) is 8.47. The molecule has 1 aliphatic rings. The summed E-state index contributed by atoms with van der Waals surface area (Å²) in [5, 5.41) is 11.7. The van der Waals surface area contributed by atoms with Crippen molar-refractivity contribution in [3.05, 3.63) is 83.7 Å². The van der Waals surface area contributed by atoms with Crippen LogP contribution >= 0.6 is 0 Å². The lowest BCUT2D eigenvalue weighted by molar-refractivity contribution is -0.141. The summed E-state index contributed by atoms with van der Waals surface area (Å²) in [6.07, 6.45) is 0.765. The Morgan fingerprint density at radius 3 is 2.20 bits per heavy atom. The van der Waals surface area contributed by atoms with Gasteiger partial charge in [-0.2, -0.15) is 0 Å². The molecule has 2 aromatic carbocycles. The molecular formula is C27H27N3O5. The minimum Gasteiger partial charge on any atom is -0.481 e. The second kappa shape index (κ2) is 10.4. The molecule has 0 radical (unpaired) electrons. The van der Waals surface area contributed by atoms with Gasteiger partial charge in [-0.3, -0.25) is 14.9 Å². The number of benzene rings is 2. The van der Waals surface area contributed by atoms with Gasteiger partial charge in [0.1, 0.15) is 12.3 Å². The van der Waals surface area contributed by atoms with Gasteiger partial charge in [-0.15, -0.1) is 0 Å². The molecule has 0 saturated carbocycles. The van der Waals surface area contributed by atoms with Crippen LogP contribution in [0.25, 0.3) is 11.1 Å². The van der Waals surface area contributed by atoms with Gasteiger partial charge in [0, 0.05) is 19.0 Å². The van der Waals surface area contributed by atoms with Crippen molar-refractivity contribution in [1.82, 2.24) is 9.88 Å². The topological polar surface area (TPSA) is 109 Å². The van der Waals surface area contributed by atoms with Crippen LogP contribution in [0.5, 0.6) is 0 Å². The number of carbonyl (C=O) groups excluding carboxylic acids is 2. The lowest BCUT2D eigenvalue weighted by Gasteiger charge is -2.22. The van der Waals surface area contributed by atoms with Gasteiger partial charge in [0.2, 0.25) is 0 Å². The number of hydrogen-bond acceptors (Lipinski definition) is 5. The standard InChI is InChI=1S/C27H27N3O5/c1-3-30(15-17(2)26(32)33)25(31)24-13-12-18(14-28-24)29-27(34)35-16-23-21-10-6-4-8-19(21)20-9-5-7-11-22(20)23/h4-14,17,23H,3,15-16H2,1-2H3,(H,29,34)(H,32,33). The number of anilines is 1. The van der Waals surface area contributed by atoms with Crippen molar-refractivity contribution < 1.29 is 24.2 Å². The van der Waals surface area contributed by atoms with E-state index in [1.165, 1.54) is 17.2 Å². The molecule has 0 fully saturated rings. The van der Waals surface area contributed by atoms with Crippen LogP contribution in [0, 0.1) is 5.92 Å². The normalized spacial score (nSPS) is 12.9. The first-order chi connectivity index (χ1) is 16.9. The van der Waals surface area contributed by atoms with Crippen LogP contribution in [0.4, 0.5) is 10.5 Å². The number of nitrogens with one attached hydrogen (secondary N) is 1. The SMILES string of the molecule is CCN(CC(C)C(=O)O)C(=O)c1ccc(NC(=O)OCC2c3ccccc3-c3ccccc32)cn1. The molecule has 1 atom stereocenters. The third kappa shape index (κ3) is 5.16. The Hall–Kier alpha value is -4.20. The zero-order valence-corrected chi connectivity index (χ0v) is 19.6. The van der Waals surface area contributed by atoms with Crippen LogP contribution in [0.15, 0.2) is 66.9 Å². The van der Waals surface area contributed by atoms with Crippen molar-refractivity contribution in [2.45, 2.75) is 19.8 Å². The summed E-state index contributed by atoms with van der Waals surface area (Å²) in [4.78, 5) is 41.8. The molecule has 8 heteroatoms. The van der Waals surface area contributed by atoms with Crippen molar-refractivity contribution in [2.24, 2.45) is 5.92 Å². The Labute approximate surface area is 203 Å². The number of carboxylic acid groups (broad SMARTS) is 1. The van der Waals surface area contributed by atoms with Gasteiger partial charge in [0.25, 0.3) is 5.91 Å². The highest BCUT2D eigenvalue weighted by molar-refractivity contribution is 5.93. The molecule has 35 heavy (non-hydrogen) atoms. The quantitative estimate of drug-likeness (QED) is 0.494. The van der Waals surface area contributed by atoms with E-state index in [-0.39, 0.29) is 30.7 Å². The van der Waals surface area contributed by atoms with Crippen LogP contribution < -0.4 is 5.32 Å². The second-order valence-electron chi connectivity index (χ2n) is 8.47. The Kier molecular flexibility index (Phi) is 7.10. The maximum atomic E-state index is 12.7. The van der Waals surface area contributed by atoms with E-state index < -0.39 is 18.0 Å². The number of amides is 2. The molecule has 0 spiro atoms. The summed E-state index contributed by atoms with van der Waals surface area (Å²) in [5.74, 6) is -2.06. The Morgan fingerprint density at radius 2 is 1.66 bits per heavy atom. The molecule has 8 nitrogen and oxygen atoms in total. The van der Waals surface area contributed by atoms with Crippen LogP contribution in [0.1, 0.15) is 41.4 Å². The minimum absolute atomic E-state index is 0.0421. The van der Waals surface area contributed by atoms with Gasteiger partial charge >= 0.3 is 12.1 Å². The molecule has 1 aromatic heterocycles. The van der Waals surface area contributed by atoms with Crippen LogP contribution in [-0.2, 0) is 9.53 Å². The third-order valence-corrected chi connectivity index (χ3v) is 6.16. The third-order valence-electron chi connectivity index (χ3n) is 6.16. The molecular weight excluding hydrogens is 446 g/mol. The molecule has 1 unspecified atom stereocenters. The van der Waals surface area contributed by atoms with Gasteiger partial charge < -0.3 is 14.7 Å². The Balaban J connectivity index is 1.36. The fourth-order valence-corrected chi connectivity index (χ4v) is 4.27. The molecule has 0 aliphatic heterocycles. The highest BCUT2D eigenvalue weighted by atomic mass is 16.5. The lowest BCUT2D eigenvalue weighted by Crippen LogP contribution is -2.37. The summed E-state index contributed by atoms with van der Waals surface area (Å²) in [6.45, 7) is 3.97. The van der Waals surface area contributed by atoms with E-state index in [0.717, 1.165) is 22.3 Å². The Bertz CT molecular complexity index is 1200. The van der Waals surface area contributed by atoms with Gasteiger partial charge in [-0.05, 0) is 41.3 Å². The number of pyridine rings is 1. The van der Waals surface area contributed by atoms with Gasteiger partial charge in [0.05, 0.1) is 17.8 Å². The molecule has 3 aromatic rings. The van der Waals surface area contributed by atoms with Gasteiger partial charge in [-0.25, -0.2) is 9.78 Å². The lowest BCUT2D eigenvalue weighted by atomic mass is 9.98. The molecule has 4 rings (SSSR count). The predicted molar refractivity (Wildman–Crippen MR) is 131 cm³/mol. The Morgan fingerprint density at radius 1 is 1.03 bits per heavy atom. The number of fused-ring (bicyclic) bond motifs is 3. The van der Waals surface area contributed by atoms with E-state index >= 15 is 0 Å². The number of ether oxygens (including phenoxy) is 1. The number of carbonyl (C=O) groups is 3. The number of nitrogens with zero attached hydrogens (tertiary/aromatic N) is 2. The summed E-state index contributed by atoms with van der Waals surface area (Å²) in [7, 11) is 0. The van der Waals surface area contributed by atoms with Crippen LogP contribution in [0.2, 0.25) is 0 Å². The largest absolute Gasteiger partial charge is 0.481 e. The molecule has 2 amide bonds. The molecule has 1 aliphatic carbocycles. The zero-order chi connectivity index (χ0) is 24.9. The highest BCUT2D eigenvalue weighted by Gasteiger charge is 2.29. The monoisotopic (exact) mass is 473 g/mol. The van der Waals surface area contributed by atoms with Gasteiger partial charge in [-0.1, -0.05) is 55.5 Å². The molecule has 0 bridgehead atoms. The maximum Gasteiger partial charge on any atom is 0.411 e. The van der Waals surface area contributed by atoms with E-state index in [9.17, 15) is 14.4 Å². The molecule has 0 saturated heterocycles. The van der Waals surface area contributed by atoms with Crippen LogP contribution in [-0.4, -0.2) is 52.7 Å². The number of carboxylic acids is 1. The number of aliphatic carboxylic acids is 1. The first kappa shape index (κ1) is 23.9. The fourth-order valence-electron chi connectivity index (χ4n) is 4.27. The molecule has 180 valence electrons. The van der Waals surface area contributed by atoms with E-state index in [4.69, 9.17) is 9.84 Å².